The molecule has 0 saturated heterocycles. The van der Waals surface area contributed by atoms with Crippen LogP contribution in [0.3, 0.4) is 0 Å². The van der Waals surface area contributed by atoms with E-state index in [1.165, 1.54) is 20.1 Å². The van der Waals surface area contributed by atoms with Crippen molar-refractivity contribution in [3.63, 3.8) is 0 Å². The zero-order valence-electron chi connectivity index (χ0n) is 5.68. The largest absolute Gasteiger partial charge is 0.358 e. The van der Waals surface area contributed by atoms with E-state index in [9.17, 15) is 4.79 Å². The van der Waals surface area contributed by atoms with Crippen LogP contribution in [0.1, 0.15) is 6.92 Å². The van der Waals surface area contributed by atoms with Gasteiger partial charge in [0.15, 0.2) is 0 Å². The fourth-order valence-corrected chi connectivity index (χ4v) is 0.414. The Morgan fingerprint density at radius 2 is 2.44 bits per heavy atom. The first-order chi connectivity index (χ1) is 4.20. The number of hydrogen-bond acceptors (Lipinski definition) is 2. The minimum atomic E-state index is -0.359. The van der Waals surface area contributed by atoms with Gasteiger partial charge in [-0.15, -0.1) is 0 Å². The average molecular weight is 129 g/mol. The number of rotatable bonds is 3. The molecular weight excluding hydrogens is 118 g/mol. The van der Waals surface area contributed by atoms with Crippen molar-refractivity contribution in [1.29, 1.82) is 0 Å². The second kappa shape index (κ2) is 4.09. The zero-order valence-corrected chi connectivity index (χ0v) is 5.68. The Labute approximate surface area is 54.7 Å². The average Bonchev–Trinajstić information content (AvgIpc) is 1.82. The van der Waals surface area contributed by atoms with Crippen molar-refractivity contribution in [2.75, 3.05) is 7.11 Å². The third-order valence-corrected chi connectivity index (χ3v) is 0.814. The van der Waals surface area contributed by atoms with Gasteiger partial charge in [-0.1, -0.05) is 6.58 Å². The van der Waals surface area contributed by atoms with E-state index in [0.29, 0.717) is 0 Å². The number of nitrogens with one attached hydrogen (secondary N) is 1. The predicted molar refractivity (Wildman–Crippen MR) is 34.8 cm³/mol. The van der Waals surface area contributed by atoms with Crippen molar-refractivity contribution in [2.24, 2.45) is 0 Å². The molecule has 52 valence electrons. The number of methoxy groups -OCH3 is 1. The Balaban J connectivity index is 3.55. The third-order valence-electron chi connectivity index (χ3n) is 0.814. The van der Waals surface area contributed by atoms with Crippen LogP contribution in [0.5, 0.6) is 0 Å². The van der Waals surface area contributed by atoms with Gasteiger partial charge in [0, 0.05) is 14.0 Å². The summed E-state index contributed by atoms with van der Waals surface area (Å²) in [5, 5.41) is 2.50. The molecule has 0 aromatic rings. The van der Waals surface area contributed by atoms with Gasteiger partial charge >= 0.3 is 0 Å². The van der Waals surface area contributed by atoms with E-state index in [-0.39, 0.29) is 12.1 Å². The molecule has 1 atom stereocenters. The number of ether oxygens (including phenoxy) is 1. The quantitative estimate of drug-likeness (QED) is 0.439. The lowest BCUT2D eigenvalue weighted by molar-refractivity contribution is -0.121. The maximum atomic E-state index is 10.3. The van der Waals surface area contributed by atoms with Crippen molar-refractivity contribution in [3.8, 4) is 0 Å². The van der Waals surface area contributed by atoms with E-state index in [1.807, 2.05) is 0 Å². The summed E-state index contributed by atoms with van der Waals surface area (Å²) in [4.78, 5) is 10.3. The summed E-state index contributed by atoms with van der Waals surface area (Å²) < 4.78 is 4.76. The van der Waals surface area contributed by atoms with Gasteiger partial charge in [-0.25, -0.2) is 0 Å². The molecule has 0 aliphatic rings. The van der Waals surface area contributed by atoms with Crippen molar-refractivity contribution in [2.45, 2.75) is 13.2 Å². The molecular formula is C6H11NO2. The summed E-state index contributed by atoms with van der Waals surface area (Å²) in [6.45, 7) is 4.87. The molecule has 0 fully saturated rings. The minimum Gasteiger partial charge on any atom is -0.358 e. The summed E-state index contributed by atoms with van der Waals surface area (Å²) in [5.41, 5.74) is 0. The van der Waals surface area contributed by atoms with E-state index in [0.717, 1.165) is 0 Å². The maximum absolute atomic E-state index is 10.3. The molecule has 9 heavy (non-hydrogen) atoms. The van der Waals surface area contributed by atoms with Crippen molar-refractivity contribution < 1.29 is 9.53 Å². The highest BCUT2D eigenvalue weighted by molar-refractivity contribution is 5.73. The standard InChI is InChI=1S/C6H11NO2/c1-4-6(9-3)7-5(2)8/h4,6H,1H2,2-3H3,(H,7,8). The van der Waals surface area contributed by atoms with E-state index in [4.69, 9.17) is 4.74 Å². The lowest BCUT2D eigenvalue weighted by Crippen LogP contribution is -2.32. The van der Waals surface area contributed by atoms with Crippen LogP contribution in [0.4, 0.5) is 0 Å². The smallest absolute Gasteiger partial charge is 0.219 e. The Kier molecular flexibility index (Phi) is 3.71. The molecule has 0 saturated carbocycles. The molecule has 3 nitrogen and oxygen atoms in total. The fourth-order valence-electron chi connectivity index (χ4n) is 0.414. The molecule has 0 spiro atoms. The van der Waals surface area contributed by atoms with Gasteiger partial charge in [0.1, 0.15) is 6.23 Å². The molecule has 0 aliphatic carbocycles. The van der Waals surface area contributed by atoms with Crippen LogP contribution in [0, 0.1) is 0 Å². The van der Waals surface area contributed by atoms with Gasteiger partial charge < -0.3 is 10.1 Å². The summed E-state index contributed by atoms with van der Waals surface area (Å²) in [6.07, 6.45) is 1.16. The van der Waals surface area contributed by atoms with Gasteiger partial charge in [0.05, 0.1) is 0 Å². The first-order valence-corrected chi connectivity index (χ1v) is 2.63. The van der Waals surface area contributed by atoms with Crippen molar-refractivity contribution >= 4 is 5.91 Å². The number of carbonyl (C=O) groups is 1. The van der Waals surface area contributed by atoms with Crippen molar-refractivity contribution in [3.05, 3.63) is 12.7 Å². The summed E-state index contributed by atoms with van der Waals surface area (Å²) in [5.74, 6) is -0.123. The molecule has 0 radical (unpaired) electrons. The summed E-state index contributed by atoms with van der Waals surface area (Å²) >= 11 is 0. The van der Waals surface area contributed by atoms with Crippen molar-refractivity contribution in [1.82, 2.24) is 5.32 Å². The molecule has 0 bridgehead atoms. The molecule has 0 aromatic heterocycles. The topological polar surface area (TPSA) is 38.3 Å². The van der Waals surface area contributed by atoms with Crippen LogP contribution >= 0.6 is 0 Å². The zero-order chi connectivity index (χ0) is 7.28. The second-order valence-corrected chi connectivity index (χ2v) is 1.59. The predicted octanol–water partition coefficient (Wildman–Crippen LogP) is 0.281. The molecule has 1 N–H and O–H groups in total. The first-order valence-electron chi connectivity index (χ1n) is 2.63. The molecule has 3 heteroatoms. The highest BCUT2D eigenvalue weighted by Gasteiger charge is 1.99. The van der Waals surface area contributed by atoms with E-state index in [1.54, 1.807) is 0 Å². The summed E-state index contributed by atoms with van der Waals surface area (Å²) in [6, 6.07) is 0. The van der Waals surface area contributed by atoms with Crippen LogP contribution in [0.15, 0.2) is 12.7 Å². The number of amides is 1. The molecule has 1 amide bonds. The fraction of sp³-hybridized carbons (Fsp3) is 0.500. The van der Waals surface area contributed by atoms with Crippen LogP contribution in [-0.4, -0.2) is 19.2 Å². The second-order valence-electron chi connectivity index (χ2n) is 1.59. The Morgan fingerprint density at radius 3 is 2.56 bits per heavy atom. The Hall–Kier alpha value is -0.830. The normalized spacial score (nSPS) is 12.2. The lowest BCUT2D eigenvalue weighted by atomic mass is 10.5. The van der Waals surface area contributed by atoms with Crippen LogP contribution in [0.25, 0.3) is 0 Å². The lowest BCUT2D eigenvalue weighted by Gasteiger charge is -2.09. The van der Waals surface area contributed by atoms with Gasteiger partial charge in [-0.2, -0.15) is 0 Å². The van der Waals surface area contributed by atoms with Gasteiger partial charge in [-0.3, -0.25) is 4.79 Å². The maximum Gasteiger partial charge on any atom is 0.219 e. The Morgan fingerprint density at radius 1 is 1.89 bits per heavy atom. The summed E-state index contributed by atoms with van der Waals surface area (Å²) in [7, 11) is 1.50. The van der Waals surface area contributed by atoms with Gasteiger partial charge in [0.25, 0.3) is 0 Å². The van der Waals surface area contributed by atoms with Gasteiger partial charge in [0.2, 0.25) is 5.91 Å². The van der Waals surface area contributed by atoms with Crippen LogP contribution in [0.2, 0.25) is 0 Å². The van der Waals surface area contributed by atoms with E-state index >= 15 is 0 Å². The molecule has 0 aromatic carbocycles. The first kappa shape index (κ1) is 8.17. The van der Waals surface area contributed by atoms with Crippen LogP contribution < -0.4 is 5.32 Å². The van der Waals surface area contributed by atoms with E-state index < -0.39 is 0 Å². The highest BCUT2D eigenvalue weighted by atomic mass is 16.5. The Bertz CT molecular complexity index is 112. The van der Waals surface area contributed by atoms with E-state index in [2.05, 4.69) is 11.9 Å². The number of carbonyl (C=O) groups excluding carboxylic acids is 1. The third kappa shape index (κ3) is 3.73. The number of hydrogen-bond donors (Lipinski definition) is 1. The molecule has 0 heterocycles. The molecule has 1 unspecified atom stereocenters. The molecule has 0 aliphatic heterocycles. The highest BCUT2D eigenvalue weighted by Crippen LogP contribution is 1.83. The van der Waals surface area contributed by atoms with Gasteiger partial charge in [-0.05, 0) is 6.08 Å². The SMILES string of the molecule is C=CC(NC(C)=O)OC. The molecule has 0 rings (SSSR count). The minimum absolute atomic E-state index is 0.123. The van der Waals surface area contributed by atoms with Crippen LogP contribution in [-0.2, 0) is 9.53 Å². The monoisotopic (exact) mass is 129 g/mol.